The molecule has 2 aromatic carbocycles. The van der Waals surface area contributed by atoms with Gasteiger partial charge < -0.3 is 28.1 Å². The van der Waals surface area contributed by atoms with Gasteiger partial charge in [-0.1, -0.05) is 333 Å². The SMILES string of the molecule is CCCCCCCCCCCCC/C=C/CCCOC(=O)c1ccc(S(=O)(=O)[O-])cc1C(=O)OCCC/C=C/CCCCCCCCCCCCC.CCCCCCCCCCCCC/C=C/CCCOC(=O)c1ccc(S(=O)(=O)[O-])cc1C(=O)OCCC/C=C/CCCCCCCCCCCCC.[Ca+2]. The molecule has 17 heteroatoms. The van der Waals surface area contributed by atoms with Crippen LogP contribution in [-0.2, 0) is 39.2 Å². The summed E-state index contributed by atoms with van der Waals surface area (Å²) in [6.07, 6.45) is 85.0. The number of unbranched alkanes of at least 4 members (excludes halogenated alkanes) is 48. The maximum Gasteiger partial charge on any atom is 2.00 e. The predicted octanol–water partition coefficient (Wildman–Crippen LogP) is 25.6. The number of hydrogen-bond donors (Lipinski definition) is 0. The molecule has 0 aromatic heterocycles. The molecule has 0 amide bonds. The predicted molar refractivity (Wildman–Crippen MR) is 434 cm³/mol. The minimum absolute atomic E-state index is 0. The first-order valence-corrected chi connectivity index (χ1v) is 44.9. The van der Waals surface area contributed by atoms with Crippen LogP contribution in [0.3, 0.4) is 0 Å². The fourth-order valence-electron chi connectivity index (χ4n) is 12.5. The maximum absolute atomic E-state index is 12.9. The van der Waals surface area contributed by atoms with Crippen LogP contribution in [0.2, 0.25) is 0 Å². The summed E-state index contributed by atoms with van der Waals surface area (Å²) in [5.41, 5.74) is -0.783. The van der Waals surface area contributed by atoms with E-state index in [4.69, 9.17) is 18.9 Å². The quantitative estimate of drug-likeness (QED) is 0.0150. The molecule has 0 aliphatic carbocycles. The van der Waals surface area contributed by atoms with E-state index in [0.717, 1.165) is 87.8 Å². The Labute approximate surface area is 671 Å². The average Bonchev–Trinajstić information content (AvgIpc) is 0.816. The van der Waals surface area contributed by atoms with Gasteiger partial charge >= 0.3 is 61.6 Å². The van der Waals surface area contributed by atoms with Gasteiger partial charge in [0.05, 0.1) is 58.5 Å². The second kappa shape index (κ2) is 73.2. The van der Waals surface area contributed by atoms with E-state index in [9.17, 15) is 45.1 Å². The fourth-order valence-corrected chi connectivity index (χ4v) is 13.5. The van der Waals surface area contributed by atoms with E-state index >= 15 is 0 Å². The molecule has 105 heavy (non-hydrogen) atoms. The summed E-state index contributed by atoms with van der Waals surface area (Å²) in [7, 11) is -9.65. The molecular weight excluding hydrogens is 1390 g/mol. The van der Waals surface area contributed by atoms with Crippen LogP contribution < -0.4 is 0 Å². The van der Waals surface area contributed by atoms with Crippen LogP contribution in [0.15, 0.2) is 94.8 Å². The second-order valence-corrected chi connectivity index (χ2v) is 31.4. The Kier molecular flexibility index (Phi) is 70.6. The number of rotatable bonds is 70. The Morgan fingerprint density at radius 3 is 0.600 bits per heavy atom. The van der Waals surface area contributed by atoms with Crippen molar-refractivity contribution in [2.24, 2.45) is 0 Å². The van der Waals surface area contributed by atoms with E-state index in [-0.39, 0.29) is 86.4 Å². The van der Waals surface area contributed by atoms with Crippen LogP contribution in [0.5, 0.6) is 0 Å². The van der Waals surface area contributed by atoms with Gasteiger partial charge in [0.25, 0.3) is 0 Å². The van der Waals surface area contributed by atoms with Gasteiger partial charge in [-0.25, -0.2) is 36.0 Å². The molecule has 0 unspecified atom stereocenters. The van der Waals surface area contributed by atoms with E-state index < -0.39 is 53.9 Å². The van der Waals surface area contributed by atoms with Crippen molar-refractivity contribution in [2.75, 3.05) is 26.4 Å². The Balaban J connectivity index is 0.00000204. The third kappa shape index (κ3) is 60.8. The zero-order valence-electron chi connectivity index (χ0n) is 66.7. The van der Waals surface area contributed by atoms with E-state index in [1.54, 1.807) is 0 Å². The van der Waals surface area contributed by atoms with Crippen molar-refractivity contribution in [3.05, 3.63) is 107 Å². The summed E-state index contributed by atoms with van der Waals surface area (Å²) >= 11 is 0. The van der Waals surface area contributed by atoms with Crippen LogP contribution in [-0.4, -0.2) is 114 Å². The standard InChI is InChI=1S/2C44H74O7S.Ca/c2*1-3-5-7-9-11-13-15-17-19-21-23-25-27-29-31-33-37-50-43(45)41-36-35-40(52(47,48)49)39-42(41)44(46)51-38-34-32-30-28-26-24-22-20-18-16-14-12-10-8-6-4-2;/h2*27-30,35-36,39H,3-26,31-34,37-38H2,1-2H3,(H,47,48,49);/q;;+2/p-2/b2*29-27+,30-28+;. The van der Waals surface area contributed by atoms with Gasteiger partial charge in [0, 0.05) is 0 Å². The molecular formula is C88H146CaO14S2. The van der Waals surface area contributed by atoms with E-state index in [1.165, 1.54) is 283 Å². The summed E-state index contributed by atoms with van der Waals surface area (Å²) in [6.45, 7) is 9.54. The third-order valence-corrected chi connectivity index (χ3v) is 20.7. The molecule has 0 radical (unpaired) electrons. The summed E-state index contributed by atoms with van der Waals surface area (Å²) in [4.78, 5) is 50.3. The van der Waals surface area contributed by atoms with E-state index in [0.29, 0.717) is 25.7 Å². The van der Waals surface area contributed by atoms with Gasteiger partial charge in [-0.2, -0.15) is 0 Å². The summed E-state index contributed by atoms with van der Waals surface area (Å²) in [5, 5.41) is 0. The first-order chi connectivity index (χ1) is 50.6. The molecule has 0 aliphatic heterocycles. The number of benzene rings is 2. The van der Waals surface area contributed by atoms with Crippen molar-refractivity contribution < 1.29 is 64.1 Å². The molecule has 0 bridgehead atoms. The van der Waals surface area contributed by atoms with Crippen LogP contribution in [0, 0.1) is 0 Å². The van der Waals surface area contributed by atoms with Gasteiger partial charge in [-0.15, -0.1) is 0 Å². The Hall–Kier alpha value is -3.64. The van der Waals surface area contributed by atoms with Crippen LogP contribution in [0.1, 0.15) is 429 Å². The van der Waals surface area contributed by atoms with Gasteiger partial charge in [0.1, 0.15) is 20.2 Å². The summed E-state index contributed by atoms with van der Waals surface area (Å²) < 4.78 is 91.2. The molecule has 14 nitrogen and oxygen atoms in total. The molecule has 0 spiro atoms. The van der Waals surface area contributed by atoms with Crippen molar-refractivity contribution in [3.63, 3.8) is 0 Å². The molecule has 0 aliphatic rings. The molecule has 596 valence electrons. The molecule has 0 heterocycles. The Bertz CT molecular complexity index is 2610. The van der Waals surface area contributed by atoms with Gasteiger partial charge in [0.15, 0.2) is 0 Å². The number of ether oxygens (including phenoxy) is 4. The van der Waals surface area contributed by atoms with Crippen molar-refractivity contribution in [1.29, 1.82) is 0 Å². The van der Waals surface area contributed by atoms with E-state index in [1.807, 2.05) is 0 Å². The molecule has 2 aromatic rings. The van der Waals surface area contributed by atoms with Crippen molar-refractivity contribution in [3.8, 4) is 0 Å². The molecule has 0 atom stereocenters. The summed E-state index contributed by atoms with van der Waals surface area (Å²) in [6, 6.07) is 6.16. The zero-order valence-corrected chi connectivity index (χ0v) is 70.6. The molecule has 0 N–H and O–H groups in total. The molecule has 2 rings (SSSR count). The normalized spacial score (nSPS) is 11.8. The second-order valence-electron chi connectivity index (χ2n) is 28.6. The van der Waals surface area contributed by atoms with E-state index in [2.05, 4.69) is 76.3 Å². The van der Waals surface area contributed by atoms with Crippen LogP contribution in [0.25, 0.3) is 0 Å². The zero-order chi connectivity index (χ0) is 75.9. The smallest absolute Gasteiger partial charge is 0.744 e. The minimum atomic E-state index is -4.83. The Morgan fingerprint density at radius 1 is 0.257 bits per heavy atom. The van der Waals surface area contributed by atoms with Gasteiger partial charge in [-0.3, -0.25) is 0 Å². The first kappa shape index (κ1) is 101. The first-order valence-electron chi connectivity index (χ1n) is 42.1. The van der Waals surface area contributed by atoms with Crippen molar-refractivity contribution in [2.45, 2.75) is 397 Å². The van der Waals surface area contributed by atoms with Crippen LogP contribution >= 0.6 is 0 Å². The molecule has 0 saturated carbocycles. The van der Waals surface area contributed by atoms with Gasteiger partial charge in [0.2, 0.25) is 0 Å². The maximum atomic E-state index is 12.9. The number of carbonyl (C=O) groups is 4. The monoisotopic (exact) mass is 1530 g/mol. The molecule has 0 fully saturated rings. The number of carbonyl (C=O) groups excluding carboxylic acids is 4. The van der Waals surface area contributed by atoms with Gasteiger partial charge in [-0.05, 0) is 139 Å². The third-order valence-electron chi connectivity index (χ3n) is 19.0. The van der Waals surface area contributed by atoms with Crippen molar-refractivity contribution >= 4 is 81.9 Å². The number of allylic oxidation sites excluding steroid dienone is 8. The number of hydrogen-bond acceptors (Lipinski definition) is 14. The fraction of sp³-hybridized carbons (Fsp3) is 0.727. The minimum Gasteiger partial charge on any atom is -0.744 e. The largest absolute Gasteiger partial charge is 2.00 e. The average molecular weight is 1530 g/mol. The van der Waals surface area contributed by atoms with Crippen molar-refractivity contribution in [1.82, 2.24) is 0 Å². The Morgan fingerprint density at radius 2 is 0.419 bits per heavy atom. The topological polar surface area (TPSA) is 220 Å². The summed E-state index contributed by atoms with van der Waals surface area (Å²) in [5.74, 6) is -3.21. The molecule has 0 saturated heterocycles. The number of esters is 4. The van der Waals surface area contributed by atoms with Crippen LogP contribution in [0.4, 0.5) is 0 Å².